The lowest BCUT2D eigenvalue weighted by molar-refractivity contribution is -0.138. The molecule has 116 valence electrons. The molecule has 0 unspecified atom stereocenters. The Kier molecular flexibility index (Phi) is 5.75. The molecule has 0 aromatic heterocycles. The summed E-state index contributed by atoms with van der Waals surface area (Å²) in [6.07, 6.45) is -4.10. The van der Waals surface area contributed by atoms with Crippen LogP contribution < -0.4 is 0 Å². The highest BCUT2D eigenvalue weighted by Gasteiger charge is 2.30. The molecule has 0 atom stereocenters. The largest absolute Gasteiger partial charge is 0.481 e. The minimum Gasteiger partial charge on any atom is -0.481 e. The maximum atomic E-state index is 12.4. The molecule has 4 nitrogen and oxygen atoms in total. The van der Waals surface area contributed by atoms with Crippen molar-refractivity contribution in [1.29, 1.82) is 0 Å². The molecule has 1 N–H and O–H groups in total. The standard InChI is InChI=1S/C14H16F3NO3/c1-18(8-2-3-13(20)21)12(19)9-10-4-6-11(7-5-10)14(15,16)17/h4-7H,2-3,8-9H2,1H3,(H,20,21). The van der Waals surface area contributed by atoms with Crippen LogP contribution in [-0.4, -0.2) is 35.5 Å². The number of likely N-dealkylation sites (N-methyl/N-ethyl adjacent to an activating group) is 1. The second-order valence-corrected chi connectivity index (χ2v) is 4.68. The summed E-state index contributed by atoms with van der Waals surface area (Å²) in [5.74, 6) is -1.20. The molecule has 0 heterocycles. The van der Waals surface area contributed by atoms with Crippen LogP contribution in [0, 0.1) is 0 Å². The molecule has 0 saturated carbocycles. The zero-order valence-corrected chi connectivity index (χ0v) is 11.5. The normalized spacial score (nSPS) is 11.2. The summed E-state index contributed by atoms with van der Waals surface area (Å²) >= 11 is 0. The Labute approximate surface area is 120 Å². The van der Waals surface area contributed by atoms with Gasteiger partial charge in [0, 0.05) is 20.0 Å². The minimum atomic E-state index is -4.39. The lowest BCUT2D eigenvalue weighted by atomic mass is 10.1. The number of carbonyl (C=O) groups is 2. The number of hydrogen-bond donors (Lipinski definition) is 1. The Bertz CT molecular complexity index is 497. The smallest absolute Gasteiger partial charge is 0.416 e. The fourth-order valence-corrected chi connectivity index (χ4v) is 1.71. The lowest BCUT2D eigenvalue weighted by Crippen LogP contribution is -2.29. The summed E-state index contributed by atoms with van der Waals surface area (Å²) in [6, 6.07) is 4.41. The van der Waals surface area contributed by atoms with Crippen LogP contribution in [-0.2, 0) is 22.2 Å². The van der Waals surface area contributed by atoms with E-state index >= 15 is 0 Å². The molecule has 0 radical (unpaired) electrons. The molecule has 0 aliphatic carbocycles. The number of carboxylic acid groups (broad SMARTS) is 1. The second-order valence-electron chi connectivity index (χ2n) is 4.68. The fraction of sp³-hybridized carbons (Fsp3) is 0.429. The van der Waals surface area contributed by atoms with Gasteiger partial charge in [-0.3, -0.25) is 9.59 Å². The number of alkyl halides is 3. The van der Waals surface area contributed by atoms with Crippen molar-refractivity contribution in [2.75, 3.05) is 13.6 Å². The number of amides is 1. The van der Waals surface area contributed by atoms with Gasteiger partial charge >= 0.3 is 12.1 Å². The molecule has 1 amide bonds. The Morgan fingerprint density at radius 3 is 2.24 bits per heavy atom. The van der Waals surface area contributed by atoms with Crippen LogP contribution in [0.2, 0.25) is 0 Å². The molecule has 0 spiro atoms. The number of halogens is 3. The monoisotopic (exact) mass is 303 g/mol. The van der Waals surface area contributed by atoms with Crippen molar-refractivity contribution in [1.82, 2.24) is 4.90 Å². The summed E-state index contributed by atoms with van der Waals surface area (Å²) in [4.78, 5) is 23.6. The summed E-state index contributed by atoms with van der Waals surface area (Å²) in [5, 5.41) is 8.50. The lowest BCUT2D eigenvalue weighted by Gasteiger charge is -2.16. The molecule has 0 saturated heterocycles. The predicted molar refractivity (Wildman–Crippen MR) is 69.7 cm³/mol. The third-order valence-corrected chi connectivity index (χ3v) is 2.95. The van der Waals surface area contributed by atoms with E-state index in [-0.39, 0.29) is 18.7 Å². The SMILES string of the molecule is CN(CCCC(=O)O)C(=O)Cc1ccc(C(F)(F)F)cc1. The Balaban J connectivity index is 2.52. The van der Waals surface area contributed by atoms with Gasteiger partial charge in [-0.25, -0.2) is 0 Å². The van der Waals surface area contributed by atoms with Crippen molar-refractivity contribution in [2.24, 2.45) is 0 Å². The number of rotatable bonds is 6. The van der Waals surface area contributed by atoms with Crippen LogP contribution in [0.3, 0.4) is 0 Å². The number of nitrogens with zero attached hydrogens (tertiary/aromatic N) is 1. The highest BCUT2D eigenvalue weighted by molar-refractivity contribution is 5.78. The molecule has 1 rings (SSSR count). The van der Waals surface area contributed by atoms with Crippen LogP contribution >= 0.6 is 0 Å². The van der Waals surface area contributed by atoms with Gasteiger partial charge in [-0.15, -0.1) is 0 Å². The van der Waals surface area contributed by atoms with Gasteiger partial charge in [-0.1, -0.05) is 12.1 Å². The highest BCUT2D eigenvalue weighted by atomic mass is 19.4. The van der Waals surface area contributed by atoms with E-state index in [2.05, 4.69) is 0 Å². The first-order valence-corrected chi connectivity index (χ1v) is 6.32. The molecule has 0 aliphatic heterocycles. The fourth-order valence-electron chi connectivity index (χ4n) is 1.71. The quantitative estimate of drug-likeness (QED) is 0.878. The van der Waals surface area contributed by atoms with Crippen LogP contribution in [0.4, 0.5) is 13.2 Å². The molecule has 1 aromatic carbocycles. The van der Waals surface area contributed by atoms with E-state index in [1.165, 1.54) is 24.1 Å². The van der Waals surface area contributed by atoms with E-state index in [1.807, 2.05) is 0 Å². The van der Waals surface area contributed by atoms with E-state index in [1.54, 1.807) is 0 Å². The van der Waals surface area contributed by atoms with Gasteiger partial charge in [0.15, 0.2) is 0 Å². The van der Waals surface area contributed by atoms with Gasteiger partial charge in [0.25, 0.3) is 0 Å². The predicted octanol–water partition coefficient (Wildman–Crippen LogP) is 2.57. The van der Waals surface area contributed by atoms with Crippen molar-refractivity contribution < 1.29 is 27.9 Å². The van der Waals surface area contributed by atoms with Gasteiger partial charge in [0.1, 0.15) is 0 Å². The first kappa shape index (κ1) is 17.0. The zero-order valence-electron chi connectivity index (χ0n) is 11.5. The summed E-state index contributed by atoms with van der Waals surface area (Å²) < 4.78 is 37.2. The van der Waals surface area contributed by atoms with E-state index < -0.39 is 17.7 Å². The van der Waals surface area contributed by atoms with Crippen LogP contribution in [0.15, 0.2) is 24.3 Å². The first-order valence-electron chi connectivity index (χ1n) is 6.32. The van der Waals surface area contributed by atoms with Crippen molar-refractivity contribution in [3.05, 3.63) is 35.4 Å². The first-order chi connectivity index (χ1) is 9.70. The average Bonchev–Trinajstić information content (AvgIpc) is 2.37. The van der Waals surface area contributed by atoms with E-state index in [0.29, 0.717) is 18.5 Å². The molecule has 21 heavy (non-hydrogen) atoms. The van der Waals surface area contributed by atoms with Crippen molar-refractivity contribution in [3.63, 3.8) is 0 Å². The van der Waals surface area contributed by atoms with E-state index in [4.69, 9.17) is 5.11 Å². The molecule has 0 fully saturated rings. The van der Waals surface area contributed by atoms with Crippen molar-refractivity contribution in [2.45, 2.75) is 25.4 Å². The summed E-state index contributed by atoms with van der Waals surface area (Å²) in [5.41, 5.74) is -0.272. The van der Waals surface area contributed by atoms with E-state index in [9.17, 15) is 22.8 Å². The summed E-state index contributed by atoms with van der Waals surface area (Å²) in [7, 11) is 1.54. The Hall–Kier alpha value is -2.05. The van der Waals surface area contributed by atoms with Gasteiger partial charge in [-0.05, 0) is 24.1 Å². The molecular weight excluding hydrogens is 287 g/mol. The van der Waals surface area contributed by atoms with Crippen molar-refractivity contribution in [3.8, 4) is 0 Å². The van der Waals surface area contributed by atoms with E-state index in [0.717, 1.165) is 12.1 Å². The molecule has 7 heteroatoms. The van der Waals surface area contributed by atoms with Crippen LogP contribution in [0.1, 0.15) is 24.0 Å². The molecule has 1 aromatic rings. The number of carbonyl (C=O) groups excluding carboxylic acids is 1. The van der Waals surface area contributed by atoms with Gasteiger partial charge < -0.3 is 10.0 Å². The topological polar surface area (TPSA) is 57.6 Å². The average molecular weight is 303 g/mol. The Morgan fingerprint density at radius 1 is 1.19 bits per heavy atom. The molecular formula is C14H16F3NO3. The van der Waals surface area contributed by atoms with Gasteiger partial charge in [-0.2, -0.15) is 13.2 Å². The molecule has 0 aliphatic rings. The maximum absolute atomic E-state index is 12.4. The van der Waals surface area contributed by atoms with Gasteiger partial charge in [0.05, 0.1) is 12.0 Å². The number of benzene rings is 1. The third kappa shape index (κ3) is 5.85. The zero-order chi connectivity index (χ0) is 16.0. The van der Waals surface area contributed by atoms with Gasteiger partial charge in [0.2, 0.25) is 5.91 Å². The van der Waals surface area contributed by atoms with Crippen LogP contribution in [0.5, 0.6) is 0 Å². The minimum absolute atomic E-state index is 0.0122. The number of aliphatic carboxylic acids is 1. The number of carboxylic acids is 1. The number of hydrogen-bond acceptors (Lipinski definition) is 2. The second kappa shape index (κ2) is 7.10. The Morgan fingerprint density at radius 2 is 1.76 bits per heavy atom. The summed E-state index contributed by atoms with van der Waals surface area (Å²) in [6.45, 7) is 0.297. The third-order valence-electron chi connectivity index (χ3n) is 2.95. The molecule has 0 bridgehead atoms. The highest BCUT2D eigenvalue weighted by Crippen LogP contribution is 2.29. The van der Waals surface area contributed by atoms with Crippen LogP contribution in [0.25, 0.3) is 0 Å². The maximum Gasteiger partial charge on any atom is 0.416 e. The van der Waals surface area contributed by atoms with Crippen molar-refractivity contribution >= 4 is 11.9 Å².